The molecule has 12 heteroatoms. The Kier molecular flexibility index (Phi) is 14.6. The molecule has 0 saturated carbocycles. The zero-order valence-electron chi connectivity index (χ0n) is 29.4. The van der Waals surface area contributed by atoms with E-state index in [1.165, 1.54) is 7.11 Å². The number of carbonyl (C=O) groups is 4. The van der Waals surface area contributed by atoms with Crippen molar-refractivity contribution in [3.05, 3.63) is 82.9 Å². The van der Waals surface area contributed by atoms with Crippen LogP contribution in [-0.2, 0) is 25.7 Å². The first-order valence-electron chi connectivity index (χ1n) is 17.0. The summed E-state index contributed by atoms with van der Waals surface area (Å²) in [5, 5.41) is 5.82. The maximum absolute atomic E-state index is 13.4. The molecular weight excluding hydrogens is 640 g/mol. The SMILES string of the molecule is CCOC(=O)COc1ccccc1C(=O)Nc1ccc(C(=O)Nc2ccc(C)cc2OCCCCCC(=O)N2CCN(C)CC2)cc1COC. The van der Waals surface area contributed by atoms with Crippen LogP contribution in [0.5, 0.6) is 11.5 Å². The van der Waals surface area contributed by atoms with E-state index in [-0.39, 0.29) is 42.9 Å². The molecule has 0 spiro atoms. The maximum atomic E-state index is 13.4. The topological polar surface area (TPSA) is 136 Å². The highest BCUT2D eigenvalue weighted by Crippen LogP contribution is 2.28. The van der Waals surface area contributed by atoms with Gasteiger partial charge in [-0.25, -0.2) is 4.79 Å². The lowest BCUT2D eigenvalue weighted by atomic mass is 10.1. The second kappa shape index (κ2) is 19.3. The monoisotopic (exact) mass is 688 g/mol. The van der Waals surface area contributed by atoms with Gasteiger partial charge in [0.05, 0.1) is 31.1 Å². The van der Waals surface area contributed by atoms with Crippen molar-refractivity contribution in [1.82, 2.24) is 9.80 Å². The van der Waals surface area contributed by atoms with E-state index in [1.807, 2.05) is 30.0 Å². The lowest BCUT2D eigenvalue weighted by molar-refractivity contribution is -0.145. The number of benzene rings is 3. The Bertz CT molecular complexity index is 1620. The van der Waals surface area contributed by atoms with Crippen LogP contribution in [0.15, 0.2) is 60.7 Å². The van der Waals surface area contributed by atoms with E-state index in [1.54, 1.807) is 49.4 Å². The number of ether oxygens (including phenoxy) is 4. The van der Waals surface area contributed by atoms with Gasteiger partial charge in [-0.2, -0.15) is 0 Å². The Morgan fingerprint density at radius 2 is 1.54 bits per heavy atom. The molecule has 1 heterocycles. The van der Waals surface area contributed by atoms with Crippen LogP contribution >= 0.6 is 0 Å². The van der Waals surface area contributed by atoms with Crippen molar-refractivity contribution < 1.29 is 38.1 Å². The number of carbonyl (C=O) groups excluding carboxylic acids is 4. The van der Waals surface area contributed by atoms with E-state index in [0.29, 0.717) is 41.3 Å². The van der Waals surface area contributed by atoms with Crippen molar-refractivity contribution in [3.63, 3.8) is 0 Å². The molecule has 1 saturated heterocycles. The number of nitrogens with one attached hydrogen (secondary N) is 2. The summed E-state index contributed by atoms with van der Waals surface area (Å²) in [7, 11) is 3.60. The molecular formula is C38H48N4O8. The number of para-hydroxylation sites is 1. The molecule has 0 radical (unpaired) electrons. The highest BCUT2D eigenvalue weighted by atomic mass is 16.6. The summed E-state index contributed by atoms with van der Waals surface area (Å²) in [6, 6.07) is 17.1. The van der Waals surface area contributed by atoms with E-state index >= 15 is 0 Å². The molecule has 3 amide bonds. The number of unbranched alkanes of at least 4 members (excludes halogenated alkanes) is 2. The molecule has 1 aliphatic rings. The Balaban J connectivity index is 1.34. The fourth-order valence-electron chi connectivity index (χ4n) is 5.44. The fourth-order valence-corrected chi connectivity index (χ4v) is 5.44. The van der Waals surface area contributed by atoms with Gasteiger partial charge in [0, 0.05) is 56.5 Å². The number of esters is 1. The van der Waals surface area contributed by atoms with Crippen molar-refractivity contribution in [1.29, 1.82) is 0 Å². The molecule has 0 bridgehead atoms. The molecule has 50 heavy (non-hydrogen) atoms. The molecule has 2 N–H and O–H groups in total. The fraction of sp³-hybridized carbons (Fsp3) is 0.421. The number of hydrogen-bond donors (Lipinski definition) is 2. The zero-order valence-corrected chi connectivity index (χ0v) is 29.4. The lowest BCUT2D eigenvalue weighted by Crippen LogP contribution is -2.47. The first-order valence-corrected chi connectivity index (χ1v) is 17.0. The smallest absolute Gasteiger partial charge is 0.344 e. The second-order valence-corrected chi connectivity index (χ2v) is 12.1. The molecule has 3 aromatic rings. The molecule has 0 aliphatic carbocycles. The molecule has 0 atom stereocenters. The van der Waals surface area contributed by atoms with Crippen molar-refractivity contribution in [2.24, 2.45) is 0 Å². The van der Waals surface area contributed by atoms with Gasteiger partial charge < -0.3 is 39.4 Å². The average Bonchev–Trinajstić information content (AvgIpc) is 3.11. The quantitative estimate of drug-likeness (QED) is 0.143. The van der Waals surface area contributed by atoms with E-state index in [4.69, 9.17) is 18.9 Å². The van der Waals surface area contributed by atoms with Gasteiger partial charge in [0.25, 0.3) is 11.8 Å². The van der Waals surface area contributed by atoms with Gasteiger partial charge in [-0.15, -0.1) is 0 Å². The Labute approximate surface area is 294 Å². The van der Waals surface area contributed by atoms with Crippen LogP contribution in [0.2, 0.25) is 0 Å². The molecule has 4 rings (SSSR count). The van der Waals surface area contributed by atoms with Gasteiger partial charge in [-0.05, 0) is 88.2 Å². The van der Waals surface area contributed by atoms with Crippen LogP contribution in [0.3, 0.4) is 0 Å². The number of methoxy groups -OCH3 is 1. The third kappa shape index (κ3) is 11.3. The van der Waals surface area contributed by atoms with Crippen molar-refractivity contribution in [3.8, 4) is 11.5 Å². The van der Waals surface area contributed by atoms with Gasteiger partial charge in [0.15, 0.2) is 6.61 Å². The summed E-state index contributed by atoms with van der Waals surface area (Å²) in [6.07, 6.45) is 3.00. The summed E-state index contributed by atoms with van der Waals surface area (Å²) in [6.45, 7) is 7.56. The summed E-state index contributed by atoms with van der Waals surface area (Å²) in [5.74, 6) is -0.332. The first-order chi connectivity index (χ1) is 24.2. The molecule has 0 unspecified atom stereocenters. The molecule has 3 aromatic carbocycles. The van der Waals surface area contributed by atoms with Gasteiger partial charge in [-0.1, -0.05) is 18.2 Å². The Morgan fingerprint density at radius 3 is 2.30 bits per heavy atom. The van der Waals surface area contributed by atoms with Crippen LogP contribution < -0.4 is 20.1 Å². The van der Waals surface area contributed by atoms with Crippen molar-refractivity contribution >= 4 is 35.1 Å². The van der Waals surface area contributed by atoms with E-state index in [9.17, 15) is 19.2 Å². The van der Waals surface area contributed by atoms with E-state index in [0.717, 1.165) is 51.0 Å². The van der Waals surface area contributed by atoms with Crippen LogP contribution in [0.25, 0.3) is 0 Å². The highest BCUT2D eigenvalue weighted by molar-refractivity contribution is 6.08. The number of nitrogens with zero attached hydrogens (tertiary/aromatic N) is 2. The van der Waals surface area contributed by atoms with Gasteiger partial charge in [0.2, 0.25) is 5.91 Å². The number of piperazine rings is 1. The maximum Gasteiger partial charge on any atom is 0.344 e. The molecule has 268 valence electrons. The summed E-state index contributed by atoms with van der Waals surface area (Å²) in [5.41, 5.74) is 3.17. The largest absolute Gasteiger partial charge is 0.491 e. The third-order valence-corrected chi connectivity index (χ3v) is 8.23. The van der Waals surface area contributed by atoms with Gasteiger partial charge in [-0.3, -0.25) is 14.4 Å². The zero-order chi connectivity index (χ0) is 35.9. The summed E-state index contributed by atoms with van der Waals surface area (Å²) >= 11 is 0. The van der Waals surface area contributed by atoms with Crippen LogP contribution in [-0.4, -0.2) is 93.6 Å². The second-order valence-electron chi connectivity index (χ2n) is 12.1. The van der Waals surface area contributed by atoms with Gasteiger partial charge in [0.1, 0.15) is 11.5 Å². The van der Waals surface area contributed by atoms with Crippen molar-refractivity contribution in [2.45, 2.75) is 46.1 Å². The number of aryl methyl sites for hydroxylation is 1. The summed E-state index contributed by atoms with van der Waals surface area (Å²) in [4.78, 5) is 55.2. The number of amides is 3. The number of likely N-dealkylation sites (N-methyl/N-ethyl adjacent to an activating group) is 1. The predicted octanol–water partition coefficient (Wildman–Crippen LogP) is 5.30. The minimum absolute atomic E-state index is 0.137. The number of anilines is 2. The average molecular weight is 689 g/mol. The van der Waals surface area contributed by atoms with Gasteiger partial charge >= 0.3 is 5.97 Å². The number of hydrogen-bond acceptors (Lipinski definition) is 9. The third-order valence-electron chi connectivity index (χ3n) is 8.23. The molecule has 1 fully saturated rings. The van der Waals surface area contributed by atoms with Crippen LogP contribution in [0.1, 0.15) is 64.4 Å². The molecule has 12 nitrogen and oxygen atoms in total. The van der Waals surface area contributed by atoms with E-state index < -0.39 is 11.9 Å². The normalized spacial score (nSPS) is 13.0. The highest BCUT2D eigenvalue weighted by Gasteiger charge is 2.19. The lowest BCUT2D eigenvalue weighted by Gasteiger charge is -2.32. The molecule has 1 aliphatic heterocycles. The predicted molar refractivity (Wildman–Crippen MR) is 191 cm³/mol. The van der Waals surface area contributed by atoms with Crippen LogP contribution in [0.4, 0.5) is 11.4 Å². The Morgan fingerprint density at radius 1 is 0.800 bits per heavy atom. The summed E-state index contributed by atoms with van der Waals surface area (Å²) < 4.78 is 21.9. The Hall–Kier alpha value is -4.94. The minimum Gasteiger partial charge on any atom is -0.491 e. The van der Waals surface area contributed by atoms with E-state index in [2.05, 4.69) is 22.6 Å². The van der Waals surface area contributed by atoms with Crippen molar-refractivity contribution in [2.75, 3.05) is 70.8 Å². The number of rotatable bonds is 17. The standard InChI is InChI=1S/C38H48N4O8/c1-5-48-36(44)26-50-33-12-9-8-11-30(33)38(46)39-31-17-15-28(24-29(31)25-47-4)37(45)40-32-16-14-27(2)23-34(32)49-22-10-6-7-13-35(43)42-20-18-41(3)19-21-42/h8-9,11-12,14-17,23-24H,5-7,10,13,18-22,25-26H2,1-4H3,(H,39,46)(H,40,45). The first kappa shape index (κ1) is 37.9. The molecule has 0 aromatic heterocycles. The minimum atomic E-state index is -0.537. The van der Waals surface area contributed by atoms with Crippen LogP contribution in [0, 0.1) is 6.92 Å².